The van der Waals surface area contributed by atoms with Gasteiger partial charge in [-0.15, -0.1) is 0 Å². The van der Waals surface area contributed by atoms with Gasteiger partial charge in [0.1, 0.15) is 0 Å². The van der Waals surface area contributed by atoms with Crippen molar-refractivity contribution < 1.29 is 4.79 Å². The van der Waals surface area contributed by atoms with Crippen LogP contribution in [-0.4, -0.2) is 5.78 Å². The summed E-state index contributed by atoms with van der Waals surface area (Å²) in [6.45, 7) is 8.60. The number of hydrogen-bond acceptors (Lipinski definition) is 2. The van der Waals surface area contributed by atoms with Gasteiger partial charge >= 0.3 is 0 Å². The van der Waals surface area contributed by atoms with Crippen LogP contribution >= 0.6 is 11.6 Å². The molecule has 1 N–H and O–H groups in total. The van der Waals surface area contributed by atoms with Gasteiger partial charge in [-0.25, -0.2) is 0 Å². The first-order valence-electron chi connectivity index (χ1n) is 7.55. The zero-order chi connectivity index (χ0) is 15.4. The summed E-state index contributed by atoms with van der Waals surface area (Å²) in [5.74, 6) is 0.658. The third-order valence-corrected chi connectivity index (χ3v) is 6.20. The van der Waals surface area contributed by atoms with E-state index in [2.05, 4.69) is 26.1 Å². The number of anilines is 1. The van der Waals surface area contributed by atoms with E-state index in [1.807, 2.05) is 31.3 Å². The second-order valence-electron chi connectivity index (χ2n) is 7.20. The first kappa shape index (κ1) is 14.6. The van der Waals surface area contributed by atoms with Crippen molar-refractivity contribution in [3.63, 3.8) is 0 Å². The minimum atomic E-state index is -0.207. The predicted molar refractivity (Wildman–Crippen MR) is 87.5 cm³/mol. The number of halogens is 1. The number of aryl methyl sites for hydroxylation is 1. The average Bonchev–Trinajstić information content (AvgIpc) is 2.73. The number of ketones is 1. The molecule has 2 atom stereocenters. The summed E-state index contributed by atoms with van der Waals surface area (Å²) < 4.78 is 0. The number of rotatable bonds is 2. The van der Waals surface area contributed by atoms with E-state index in [0.717, 1.165) is 29.7 Å². The van der Waals surface area contributed by atoms with E-state index in [1.54, 1.807) is 0 Å². The van der Waals surface area contributed by atoms with Crippen LogP contribution in [0.25, 0.3) is 0 Å². The highest BCUT2D eigenvalue weighted by Gasteiger charge is 2.63. The van der Waals surface area contributed by atoms with Gasteiger partial charge < -0.3 is 5.32 Å². The van der Waals surface area contributed by atoms with Gasteiger partial charge in [0.05, 0.1) is 10.7 Å². The Balaban J connectivity index is 1.92. The molecule has 2 bridgehead atoms. The molecular formula is C18H22ClNO. The highest BCUT2D eigenvalue weighted by molar-refractivity contribution is 6.33. The number of nitrogens with one attached hydrogen (secondary N) is 1. The molecule has 2 nitrogen and oxygen atoms in total. The monoisotopic (exact) mass is 303 g/mol. The Morgan fingerprint density at radius 1 is 1.33 bits per heavy atom. The predicted octanol–water partition coefficient (Wildman–Crippen LogP) is 4.97. The summed E-state index contributed by atoms with van der Waals surface area (Å²) in [5, 5.41) is 3.93. The fraction of sp³-hybridized carbons (Fsp3) is 0.500. The van der Waals surface area contributed by atoms with Crippen molar-refractivity contribution in [2.24, 2.45) is 16.7 Å². The number of hydrogen-bond donors (Lipinski definition) is 1. The van der Waals surface area contributed by atoms with Crippen LogP contribution in [-0.2, 0) is 4.79 Å². The van der Waals surface area contributed by atoms with Gasteiger partial charge in [0.2, 0.25) is 0 Å². The number of fused-ring (bicyclic) bond motifs is 2. The first-order valence-corrected chi connectivity index (χ1v) is 7.93. The normalized spacial score (nSPS) is 32.0. The lowest BCUT2D eigenvalue weighted by Gasteiger charge is -2.31. The zero-order valence-corrected chi connectivity index (χ0v) is 13.8. The largest absolute Gasteiger partial charge is 0.360 e. The van der Waals surface area contributed by atoms with Crippen LogP contribution < -0.4 is 5.32 Å². The van der Waals surface area contributed by atoms with Gasteiger partial charge in [-0.2, -0.15) is 0 Å². The molecule has 0 radical (unpaired) electrons. The van der Waals surface area contributed by atoms with Gasteiger partial charge in [-0.05, 0) is 48.8 Å². The molecule has 2 aliphatic carbocycles. The topological polar surface area (TPSA) is 29.1 Å². The van der Waals surface area contributed by atoms with Crippen molar-refractivity contribution in [1.82, 2.24) is 0 Å². The molecule has 0 heterocycles. The SMILES string of the molecule is Cc1ccc(Cl)c(N/C=C2/C(=O)[C@]3(C)CC[C@@H]2C3(C)C)c1. The average molecular weight is 304 g/mol. The molecule has 0 aliphatic heterocycles. The van der Waals surface area contributed by atoms with Crippen molar-refractivity contribution in [3.8, 4) is 0 Å². The standard InChI is InChI=1S/C18H22ClNO/c1-11-5-6-14(19)15(9-11)20-10-12-13-7-8-18(4,16(12)21)17(13,2)3/h5-6,9-10,13,20H,7-8H2,1-4H3/b12-10+/t13-,18-/m0/s1. The molecule has 21 heavy (non-hydrogen) atoms. The molecule has 0 amide bonds. The van der Waals surface area contributed by atoms with Crippen LogP contribution in [0.15, 0.2) is 30.0 Å². The molecule has 1 aromatic rings. The molecule has 112 valence electrons. The summed E-state index contributed by atoms with van der Waals surface area (Å²) in [6.07, 6.45) is 4.00. The maximum absolute atomic E-state index is 12.7. The molecule has 3 heteroatoms. The number of allylic oxidation sites excluding steroid dienone is 1. The van der Waals surface area contributed by atoms with Crippen LogP contribution in [0.3, 0.4) is 0 Å². The molecule has 2 aliphatic rings. The molecule has 0 unspecified atom stereocenters. The molecule has 3 rings (SSSR count). The highest BCUT2D eigenvalue weighted by Crippen LogP contribution is 2.65. The van der Waals surface area contributed by atoms with E-state index in [4.69, 9.17) is 11.6 Å². The van der Waals surface area contributed by atoms with Crippen molar-refractivity contribution in [2.45, 2.75) is 40.5 Å². The number of Topliss-reactive ketones (excluding diaryl/α,β-unsaturated/α-hetero) is 1. The molecule has 0 saturated heterocycles. The molecule has 0 aromatic heterocycles. The number of carbonyl (C=O) groups excluding carboxylic acids is 1. The van der Waals surface area contributed by atoms with Crippen LogP contribution in [0.4, 0.5) is 5.69 Å². The Kier molecular flexibility index (Phi) is 3.21. The van der Waals surface area contributed by atoms with Gasteiger partial charge in [-0.1, -0.05) is 38.4 Å². The molecular weight excluding hydrogens is 282 g/mol. The third kappa shape index (κ3) is 1.96. The Bertz CT molecular complexity index is 647. The van der Waals surface area contributed by atoms with E-state index in [1.165, 1.54) is 0 Å². The van der Waals surface area contributed by atoms with Crippen molar-refractivity contribution in [1.29, 1.82) is 0 Å². The Morgan fingerprint density at radius 3 is 2.67 bits per heavy atom. The Morgan fingerprint density at radius 2 is 2.05 bits per heavy atom. The van der Waals surface area contributed by atoms with Gasteiger partial charge in [0.25, 0.3) is 0 Å². The quantitative estimate of drug-likeness (QED) is 0.782. The second kappa shape index (κ2) is 4.61. The van der Waals surface area contributed by atoms with E-state index in [0.29, 0.717) is 16.7 Å². The van der Waals surface area contributed by atoms with Crippen LogP contribution in [0.5, 0.6) is 0 Å². The summed E-state index contributed by atoms with van der Waals surface area (Å²) >= 11 is 6.20. The van der Waals surface area contributed by atoms with Crippen molar-refractivity contribution in [2.75, 3.05) is 5.32 Å². The second-order valence-corrected chi connectivity index (χ2v) is 7.61. The lowest BCUT2D eigenvalue weighted by atomic mass is 9.70. The van der Waals surface area contributed by atoms with E-state index in [9.17, 15) is 4.79 Å². The summed E-state index contributed by atoms with van der Waals surface area (Å²) in [4.78, 5) is 12.7. The number of carbonyl (C=O) groups is 1. The minimum absolute atomic E-state index is 0.0496. The van der Waals surface area contributed by atoms with Gasteiger partial charge in [0.15, 0.2) is 5.78 Å². The molecule has 2 fully saturated rings. The fourth-order valence-corrected chi connectivity index (χ4v) is 4.17. The smallest absolute Gasteiger partial charge is 0.167 e. The van der Waals surface area contributed by atoms with Crippen molar-refractivity contribution >= 4 is 23.1 Å². The van der Waals surface area contributed by atoms with E-state index < -0.39 is 0 Å². The molecule has 0 spiro atoms. The lowest BCUT2D eigenvalue weighted by molar-refractivity contribution is -0.125. The van der Waals surface area contributed by atoms with E-state index in [-0.39, 0.29) is 10.8 Å². The van der Waals surface area contributed by atoms with Crippen LogP contribution in [0, 0.1) is 23.7 Å². The van der Waals surface area contributed by atoms with Crippen LogP contribution in [0.1, 0.15) is 39.2 Å². The summed E-state index contributed by atoms with van der Waals surface area (Å²) in [6, 6.07) is 5.86. The minimum Gasteiger partial charge on any atom is -0.360 e. The fourth-order valence-electron chi connectivity index (χ4n) is 4.00. The maximum atomic E-state index is 12.7. The maximum Gasteiger partial charge on any atom is 0.167 e. The first-order chi connectivity index (χ1) is 9.77. The summed E-state index contributed by atoms with van der Waals surface area (Å²) in [7, 11) is 0. The summed E-state index contributed by atoms with van der Waals surface area (Å²) in [5.41, 5.74) is 2.79. The van der Waals surface area contributed by atoms with Gasteiger partial charge in [0, 0.05) is 17.2 Å². The molecule has 1 aromatic carbocycles. The van der Waals surface area contributed by atoms with E-state index >= 15 is 0 Å². The van der Waals surface area contributed by atoms with Crippen LogP contribution in [0.2, 0.25) is 5.02 Å². The highest BCUT2D eigenvalue weighted by atomic mass is 35.5. The Hall–Kier alpha value is -1.28. The Labute approximate surface area is 131 Å². The van der Waals surface area contributed by atoms with Crippen molar-refractivity contribution in [3.05, 3.63) is 40.6 Å². The lowest BCUT2D eigenvalue weighted by Crippen LogP contribution is -2.32. The zero-order valence-electron chi connectivity index (χ0n) is 13.1. The van der Waals surface area contributed by atoms with Gasteiger partial charge in [-0.3, -0.25) is 4.79 Å². The number of benzene rings is 1. The third-order valence-electron chi connectivity index (χ3n) is 5.87. The molecule has 2 saturated carbocycles.